The van der Waals surface area contributed by atoms with Crippen molar-refractivity contribution >= 4 is 39.2 Å². The molecule has 0 saturated heterocycles. The summed E-state index contributed by atoms with van der Waals surface area (Å²) < 4.78 is 31.5. The van der Waals surface area contributed by atoms with E-state index in [2.05, 4.69) is 10.6 Å². The number of sulfone groups is 1. The maximum Gasteiger partial charge on any atom is 0.410 e. The number of carbonyl (C=O) groups excluding carboxylic acids is 2. The smallest absolute Gasteiger partial charge is 0.410 e. The topological polar surface area (TPSA) is 188 Å². The highest BCUT2D eigenvalue weighted by atomic mass is 32.2. The maximum absolute atomic E-state index is 13.1. The zero-order valence-electron chi connectivity index (χ0n) is 29.7. The fourth-order valence-corrected chi connectivity index (χ4v) is 7.06. The Hall–Kier alpha value is -4.62. The molecule has 0 aromatic heterocycles. The number of aliphatic hydroxyl groups excluding tert-OH is 1. The van der Waals surface area contributed by atoms with Gasteiger partial charge >= 0.3 is 12.1 Å². The fourth-order valence-electron chi connectivity index (χ4n) is 5.50. The zero-order valence-corrected chi connectivity index (χ0v) is 30.5. The molecule has 0 aliphatic heterocycles. The Labute approximate surface area is 294 Å². The summed E-state index contributed by atoms with van der Waals surface area (Å²) in [6, 6.07) is 15.6. The van der Waals surface area contributed by atoms with Crippen LogP contribution in [0.2, 0.25) is 0 Å². The second kappa shape index (κ2) is 17.3. The number of hydrogen-bond donors (Lipinski definition) is 5. The number of nitrogens with one attached hydrogen (secondary N) is 2. The lowest BCUT2D eigenvalue weighted by atomic mass is 9.94. The van der Waals surface area contributed by atoms with Crippen LogP contribution in [0.25, 0.3) is 0 Å². The van der Waals surface area contributed by atoms with Crippen LogP contribution in [0.5, 0.6) is 0 Å². The van der Waals surface area contributed by atoms with Crippen molar-refractivity contribution in [1.29, 1.82) is 0 Å². The van der Waals surface area contributed by atoms with Gasteiger partial charge in [0.15, 0.2) is 15.9 Å². The van der Waals surface area contributed by atoms with Crippen molar-refractivity contribution in [3.05, 3.63) is 88.5 Å². The van der Waals surface area contributed by atoms with Crippen LogP contribution in [0.4, 0.5) is 16.2 Å². The summed E-state index contributed by atoms with van der Waals surface area (Å²) in [6.45, 7) is 9.02. The summed E-state index contributed by atoms with van der Waals surface area (Å²) in [5.41, 5.74) is 8.86. The first-order valence-corrected chi connectivity index (χ1v) is 18.3. The lowest BCUT2D eigenvalue weighted by molar-refractivity contribution is -0.138. The Balaban J connectivity index is 1.70. The average molecular weight is 711 g/mol. The molecule has 12 nitrogen and oxygen atoms in total. The van der Waals surface area contributed by atoms with E-state index in [1.807, 2.05) is 19.1 Å². The van der Waals surface area contributed by atoms with Gasteiger partial charge in [0.05, 0.1) is 17.2 Å². The number of nitrogens with two attached hydrogens (primary N) is 1. The van der Waals surface area contributed by atoms with Gasteiger partial charge in [0.1, 0.15) is 11.8 Å². The van der Waals surface area contributed by atoms with Gasteiger partial charge in [-0.2, -0.15) is 0 Å². The predicted octanol–water partition coefficient (Wildman–Crippen LogP) is 5.89. The summed E-state index contributed by atoms with van der Waals surface area (Å²) in [4.78, 5) is 37.9. The van der Waals surface area contributed by atoms with E-state index in [-0.39, 0.29) is 22.8 Å². The van der Waals surface area contributed by atoms with Gasteiger partial charge in [-0.25, -0.2) is 18.0 Å². The molecule has 13 heteroatoms. The van der Waals surface area contributed by atoms with Crippen molar-refractivity contribution in [2.75, 3.05) is 23.4 Å². The third-order valence-corrected chi connectivity index (χ3v) is 9.90. The van der Waals surface area contributed by atoms with Crippen molar-refractivity contribution in [2.45, 2.75) is 96.0 Å². The molecule has 2 unspecified atom stereocenters. The number of aliphatic carboxylic acids is 1. The van der Waals surface area contributed by atoms with E-state index in [0.29, 0.717) is 54.6 Å². The Morgan fingerprint density at radius 1 is 0.940 bits per heavy atom. The molecule has 0 spiro atoms. The number of ether oxygens (including phenoxy) is 1. The number of primary amides is 1. The second-order valence-corrected chi connectivity index (χ2v) is 15.4. The number of hydrogen-bond acceptors (Lipinski definition) is 9. The lowest BCUT2D eigenvalue weighted by Gasteiger charge is -2.25. The van der Waals surface area contributed by atoms with E-state index in [4.69, 9.17) is 10.5 Å². The average Bonchev–Trinajstić information content (AvgIpc) is 3.03. The number of nitrogens with zero attached hydrogens (tertiary/aromatic N) is 1. The molecule has 50 heavy (non-hydrogen) atoms. The summed E-state index contributed by atoms with van der Waals surface area (Å²) in [5.74, 6) is -1.72. The van der Waals surface area contributed by atoms with E-state index >= 15 is 0 Å². The molecular weight excluding hydrogens is 660 g/mol. The fraction of sp³-hybridized carbons (Fsp3) is 0.432. The predicted molar refractivity (Wildman–Crippen MR) is 194 cm³/mol. The molecule has 0 bridgehead atoms. The van der Waals surface area contributed by atoms with E-state index in [0.717, 1.165) is 11.1 Å². The number of aliphatic hydroxyl groups is 1. The highest BCUT2D eigenvalue weighted by Gasteiger charge is 2.25. The summed E-state index contributed by atoms with van der Waals surface area (Å²) in [7, 11) is -2.06. The van der Waals surface area contributed by atoms with Crippen LogP contribution < -0.4 is 16.4 Å². The quantitative estimate of drug-likeness (QED) is 0.106. The molecule has 3 rings (SSSR count). The van der Waals surface area contributed by atoms with Crippen LogP contribution in [-0.2, 0) is 38.8 Å². The second-order valence-electron chi connectivity index (χ2n) is 13.3. The van der Waals surface area contributed by atoms with Gasteiger partial charge in [-0.05, 0) is 112 Å². The third kappa shape index (κ3) is 11.5. The van der Waals surface area contributed by atoms with Gasteiger partial charge in [-0.15, -0.1) is 0 Å². The van der Waals surface area contributed by atoms with Crippen LogP contribution in [0.15, 0.2) is 65.6 Å². The van der Waals surface area contributed by atoms with Crippen molar-refractivity contribution in [2.24, 2.45) is 5.73 Å². The number of carboxylic acids is 1. The van der Waals surface area contributed by atoms with Gasteiger partial charge in [-0.3, -0.25) is 4.79 Å². The Morgan fingerprint density at radius 2 is 1.64 bits per heavy atom. The highest BCUT2D eigenvalue weighted by molar-refractivity contribution is 7.91. The van der Waals surface area contributed by atoms with Gasteiger partial charge < -0.3 is 36.2 Å². The maximum atomic E-state index is 13.1. The molecule has 2 atom stereocenters. The largest absolute Gasteiger partial charge is 0.479 e. The number of benzene rings is 3. The number of anilines is 2. The van der Waals surface area contributed by atoms with Crippen LogP contribution in [0.1, 0.15) is 92.5 Å². The van der Waals surface area contributed by atoms with E-state index in [9.17, 15) is 33.0 Å². The molecule has 2 amide bonds. The van der Waals surface area contributed by atoms with Crippen molar-refractivity contribution < 1.29 is 37.8 Å². The SMILES string of the molecule is CCCS(=O)(=O)c1ccc(NC(O)CCCc2ccc(C(Nc3cccc(C(N)=O)c3)C(=O)O)cc2CC)cc1CN(C)C(=O)OC(C)(C)C. The molecule has 0 fully saturated rings. The monoisotopic (exact) mass is 710 g/mol. The minimum absolute atomic E-state index is 0.00733. The Morgan fingerprint density at radius 3 is 2.26 bits per heavy atom. The molecule has 3 aromatic rings. The number of carboxylic acid groups (broad SMARTS) is 1. The summed E-state index contributed by atoms with van der Waals surface area (Å²) >= 11 is 0. The summed E-state index contributed by atoms with van der Waals surface area (Å²) in [6.07, 6.45) is 1.20. The molecule has 0 saturated carbocycles. The molecule has 0 aliphatic rings. The normalized spacial score (nSPS) is 12.9. The molecule has 6 N–H and O–H groups in total. The van der Waals surface area contributed by atoms with Gasteiger partial charge in [0.2, 0.25) is 5.91 Å². The standard InChI is InChI=1S/C37H50N4O8S/c1-7-19-50(47,48)31-18-17-30(22-28(31)23-41(6)36(46)49-37(3,4)5)39-32(42)14-10-11-25-15-16-26(20-24(25)8-2)33(35(44)45)40-29-13-9-12-27(21-29)34(38)43/h9,12-13,15-18,20-22,32-33,39-40,42H,7-8,10-11,14,19,23H2,1-6H3,(H2,38,43)(H,44,45). The van der Waals surface area contributed by atoms with Crippen molar-refractivity contribution in [1.82, 2.24) is 4.90 Å². The van der Waals surface area contributed by atoms with Gasteiger partial charge in [0, 0.05) is 24.0 Å². The molecule has 0 radical (unpaired) electrons. The molecule has 0 heterocycles. The summed E-state index contributed by atoms with van der Waals surface area (Å²) in [5, 5.41) is 26.9. The molecule has 3 aromatic carbocycles. The Kier molecular flexibility index (Phi) is 13.8. The number of carbonyl (C=O) groups is 3. The van der Waals surface area contributed by atoms with Crippen LogP contribution >= 0.6 is 0 Å². The zero-order chi connectivity index (χ0) is 37.2. The minimum Gasteiger partial charge on any atom is -0.479 e. The number of aryl methyl sites for hydroxylation is 2. The highest BCUT2D eigenvalue weighted by Crippen LogP contribution is 2.27. The third-order valence-electron chi connectivity index (χ3n) is 7.89. The molecule has 0 aliphatic carbocycles. The first kappa shape index (κ1) is 39.8. The number of rotatable bonds is 17. The van der Waals surface area contributed by atoms with Gasteiger partial charge in [0.25, 0.3) is 0 Å². The van der Waals surface area contributed by atoms with Crippen LogP contribution in [-0.4, -0.2) is 66.1 Å². The van der Waals surface area contributed by atoms with Crippen LogP contribution in [0, 0.1) is 0 Å². The first-order valence-electron chi connectivity index (χ1n) is 16.7. The van der Waals surface area contributed by atoms with Gasteiger partial charge in [-0.1, -0.05) is 38.1 Å². The van der Waals surface area contributed by atoms with E-state index < -0.39 is 45.7 Å². The van der Waals surface area contributed by atoms with Crippen molar-refractivity contribution in [3.63, 3.8) is 0 Å². The minimum atomic E-state index is -3.60. The lowest BCUT2D eigenvalue weighted by Crippen LogP contribution is -2.34. The van der Waals surface area contributed by atoms with Crippen molar-refractivity contribution in [3.8, 4) is 0 Å². The Bertz CT molecular complexity index is 1770. The van der Waals surface area contributed by atoms with Crippen LogP contribution in [0.3, 0.4) is 0 Å². The van der Waals surface area contributed by atoms with E-state index in [1.165, 1.54) is 17.0 Å². The number of amides is 2. The molecular formula is C37H50N4O8S. The molecule has 272 valence electrons. The first-order chi connectivity index (χ1) is 23.4. The van der Waals surface area contributed by atoms with E-state index in [1.54, 1.807) is 71.1 Å².